The van der Waals surface area contributed by atoms with Crippen LogP contribution in [-0.4, -0.2) is 25.6 Å². The molecule has 0 atom stereocenters. The molecule has 0 unspecified atom stereocenters. The molecule has 0 aliphatic heterocycles. The molecule has 1 N–H and O–H groups in total. The predicted molar refractivity (Wildman–Crippen MR) is 92.1 cm³/mol. The van der Waals surface area contributed by atoms with E-state index in [1.807, 2.05) is 42.6 Å². The number of hydrogen-bond donors (Lipinski definition) is 1. The van der Waals surface area contributed by atoms with Crippen molar-refractivity contribution in [2.45, 2.75) is 6.42 Å². The molecule has 4 rings (SSSR count). The van der Waals surface area contributed by atoms with Crippen LogP contribution in [0.25, 0.3) is 22.5 Å². The SMILES string of the molecule is c1ccc(Cc2ccc(-c3ccccc3-c3nn[nH]n3)cc2)nc1. The van der Waals surface area contributed by atoms with Gasteiger partial charge in [0.05, 0.1) is 0 Å². The molecular formula is C19H15N5. The zero-order valence-electron chi connectivity index (χ0n) is 12.9. The quantitative estimate of drug-likeness (QED) is 0.626. The van der Waals surface area contributed by atoms with Gasteiger partial charge in [-0.2, -0.15) is 5.21 Å². The van der Waals surface area contributed by atoms with Crippen molar-refractivity contribution in [1.82, 2.24) is 25.6 Å². The highest BCUT2D eigenvalue weighted by Crippen LogP contribution is 2.29. The predicted octanol–water partition coefficient (Wildman–Crippen LogP) is 3.52. The summed E-state index contributed by atoms with van der Waals surface area (Å²) >= 11 is 0. The highest BCUT2D eigenvalue weighted by atomic mass is 15.5. The lowest BCUT2D eigenvalue weighted by Gasteiger charge is -2.08. The van der Waals surface area contributed by atoms with Gasteiger partial charge in [0.15, 0.2) is 0 Å². The number of rotatable bonds is 4. The van der Waals surface area contributed by atoms with Gasteiger partial charge in [0.2, 0.25) is 5.82 Å². The van der Waals surface area contributed by atoms with Gasteiger partial charge in [0, 0.05) is 23.9 Å². The van der Waals surface area contributed by atoms with Gasteiger partial charge < -0.3 is 0 Å². The van der Waals surface area contributed by atoms with Crippen molar-refractivity contribution in [3.05, 3.63) is 84.2 Å². The van der Waals surface area contributed by atoms with Crippen LogP contribution in [0.4, 0.5) is 0 Å². The van der Waals surface area contributed by atoms with E-state index in [0.717, 1.165) is 28.8 Å². The molecule has 0 amide bonds. The Morgan fingerprint density at radius 1 is 0.792 bits per heavy atom. The van der Waals surface area contributed by atoms with Crippen molar-refractivity contribution in [3.63, 3.8) is 0 Å². The summed E-state index contributed by atoms with van der Waals surface area (Å²) < 4.78 is 0. The molecule has 4 aromatic rings. The Labute approximate surface area is 139 Å². The fraction of sp³-hybridized carbons (Fsp3) is 0.0526. The standard InChI is InChI=1S/C19H15N5/c1-2-7-18(19-21-23-24-22-19)17(6-1)15-10-8-14(9-11-15)13-16-5-3-4-12-20-16/h1-12H,13H2,(H,21,22,23,24). The summed E-state index contributed by atoms with van der Waals surface area (Å²) in [5, 5.41) is 14.3. The molecule has 0 spiro atoms. The first-order valence-electron chi connectivity index (χ1n) is 7.72. The fourth-order valence-electron chi connectivity index (χ4n) is 2.72. The molecule has 2 aromatic carbocycles. The molecule has 2 heterocycles. The minimum Gasteiger partial charge on any atom is -0.261 e. The number of benzene rings is 2. The molecule has 5 nitrogen and oxygen atoms in total. The molecule has 2 aromatic heterocycles. The third-order valence-electron chi connectivity index (χ3n) is 3.89. The second-order valence-corrected chi connectivity index (χ2v) is 5.48. The lowest BCUT2D eigenvalue weighted by atomic mass is 9.97. The number of H-pyrrole nitrogens is 1. The molecule has 0 aliphatic carbocycles. The first-order valence-corrected chi connectivity index (χ1v) is 7.72. The maximum Gasteiger partial charge on any atom is 0.205 e. The molecule has 0 aliphatic rings. The molecule has 0 radical (unpaired) electrons. The van der Waals surface area contributed by atoms with Crippen LogP contribution < -0.4 is 0 Å². The molecule has 116 valence electrons. The first-order chi connectivity index (χ1) is 11.9. The summed E-state index contributed by atoms with van der Waals surface area (Å²) in [6.45, 7) is 0. The number of aromatic amines is 1. The molecule has 0 saturated carbocycles. The lowest BCUT2D eigenvalue weighted by molar-refractivity contribution is 0.881. The number of hydrogen-bond acceptors (Lipinski definition) is 4. The summed E-state index contributed by atoms with van der Waals surface area (Å²) in [6.07, 6.45) is 2.65. The van der Waals surface area contributed by atoms with Crippen LogP contribution in [0.3, 0.4) is 0 Å². The Bertz CT molecular complexity index is 916. The van der Waals surface area contributed by atoms with Gasteiger partial charge in [-0.3, -0.25) is 4.98 Å². The van der Waals surface area contributed by atoms with Crippen molar-refractivity contribution in [3.8, 4) is 22.5 Å². The molecule has 0 saturated heterocycles. The van der Waals surface area contributed by atoms with E-state index in [9.17, 15) is 0 Å². The van der Waals surface area contributed by atoms with Crippen LogP contribution in [0.15, 0.2) is 72.9 Å². The Morgan fingerprint density at radius 2 is 1.58 bits per heavy atom. The van der Waals surface area contributed by atoms with Crippen molar-refractivity contribution in [2.75, 3.05) is 0 Å². The Kier molecular flexibility index (Phi) is 3.81. The van der Waals surface area contributed by atoms with Crippen molar-refractivity contribution >= 4 is 0 Å². The van der Waals surface area contributed by atoms with Crippen LogP contribution in [0, 0.1) is 0 Å². The van der Waals surface area contributed by atoms with E-state index in [0.29, 0.717) is 5.82 Å². The average Bonchev–Trinajstić information content (AvgIpc) is 3.18. The molecule has 0 fully saturated rings. The number of pyridine rings is 1. The lowest BCUT2D eigenvalue weighted by Crippen LogP contribution is -1.92. The number of nitrogens with one attached hydrogen (secondary N) is 1. The van der Waals surface area contributed by atoms with Crippen LogP contribution in [-0.2, 0) is 6.42 Å². The zero-order valence-corrected chi connectivity index (χ0v) is 12.9. The van der Waals surface area contributed by atoms with Crippen LogP contribution in [0.2, 0.25) is 0 Å². The second-order valence-electron chi connectivity index (χ2n) is 5.48. The summed E-state index contributed by atoms with van der Waals surface area (Å²) in [4.78, 5) is 4.38. The van der Waals surface area contributed by atoms with Crippen LogP contribution in [0.5, 0.6) is 0 Å². The Balaban J connectivity index is 1.64. The smallest absolute Gasteiger partial charge is 0.205 e. The van der Waals surface area contributed by atoms with E-state index in [1.54, 1.807) is 0 Å². The maximum atomic E-state index is 4.38. The Hall–Kier alpha value is -3.34. The van der Waals surface area contributed by atoms with E-state index in [4.69, 9.17) is 0 Å². The summed E-state index contributed by atoms with van der Waals surface area (Å²) in [5.41, 5.74) is 5.47. The number of aromatic nitrogens is 5. The van der Waals surface area contributed by atoms with Gasteiger partial charge in [-0.05, 0) is 34.0 Å². The zero-order chi connectivity index (χ0) is 16.2. The second kappa shape index (κ2) is 6.42. The van der Waals surface area contributed by atoms with Gasteiger partial charge in [0.25, 0.3) is 0 Å². The van der Waals surface area contributed by atoms with Crippen molar-refractivity contribution in [2.24, 2.45) is 0 Å². The molecule has 5 heteroatoms. The highest BCUT2D eigenvalue weighted by Gasteiger charge is 2.10. The summed E-state index contributed by atoms with van der Waals surface area (Å²) in [5.74, 6) is 0.600. The Morgan fingerprint density at radius 3 is 2.29 bits per heavy atom. The highest BCUT2D eigenvalue weighted by molar-refractivity contribution is 5.80. The molecule has 0 bridgehead atoms. The average molecular weight is 313 g/mol. The number of tetrazole rings is 1. The van der Waals surface area contributed by atoms with Crippen LogP contribution in [0.1, 0.15) is 11.3 Å². The van der Waals surface area contributed by atoms with Gasteiger partial charge in [-0.15, -0.1) is 10.2 Å². The maximum absolute atomic E-state index is 4.38. The van der Waals surface area contributed by atoms with E-state index in [2.05, 4.69) is 55.9 Å². The largest absolute Gasteiger partial charge is 0.261 e. The van der Waals surface area contributed by atoms with E-state index >= 15 is 0 Å². The molecule has 24 heavy (non-hydrogen) atoms. The van der Waals surface area contributed by atoms with Gasteiger partial charge in [-0.25, -0.2) is 0 Å². The van der Waals surface area contributed by atoms with E-state index < -0.39 is 0 Å². The van der Waals surface area contributed by atoms with E-state index in [-0.39, 0.29) is 0 Å². The molecular weight excluding hydrogens is 298 g/mol. The number of nitrogens with zero attached hydrogens (tertiary/aromatic N) is 4. The van der Waals surface area contributed by atoms with Gasteiger partial charge in [-0.1, -0.05) is 54.6 Å². The van der Waals surface area contributed by atoms with Crippen molar-refractivity contribution < 1.29 is 0 Å². The monoisotopic (exact) mass is 313 g/mol. The first kappa shape index (κ1) is 14.3. The normalized spacial score (nSPS) is 10.7. The van der Waals surface area contributed by atoms with Gasteiger partial charge >= 0.3 is 0 Å². The van der Waals surface area contributed by atoms with Gasteiger partial charge in [0.1, 0.15) is 0 Å². The fourth-order valence-corrected chi connectivity index (χ4v) is 2.72. The van der Waals surface area contributed by atoms with Crippen molar-refractivity contribution in [1.29, 1.82) is 0 Å². The topological polar surface area (TPSA) is 67.3 Å². The summed E-state index contributed by atoms with van der Waals surface area (Å²) in [6, 6.07) is 22.6. The van der Waals surface area contributed by atoms with E-state index in [1.165, 1.54) is 5.56 Å². The third-order valence-corrected chi connectivity index (χ3v) is 3.89. The minimum absolute atomic E-state index is 0.600. The van der Waals surface area contributed by atoms with Crippen LogP contribution >= 0.6 is 0 Å². The third kappa shape index (κ3) is 2.92. The summed E-state index contributed by atoms with van der Waals surface area (Å²) in [7, 11) is 0. The minimum atomic E-state index is 0.600.